The number of fused-ring (bicyclic) bond motifs is 1. The Bertz CT molecular complexity index is 1380. The number of ether oxygens (including phenoxy) is 4. The van der Waals surface area contributed by atoms with Gasteiger partial charge < -0.3 is 28.7 Å². The zero-order valence-corrected chi connectivity index (χ0v) is 19.1. The Morgan fingerprint density at radius 3 is 2.06 bits per heavy atom. The highest BCUT2D eigenvalue weighted by atomic mass is 16.5. The van der Waals surface area contributed by atoms with E-state index in [1.54, 1.807) is 49.6 Å². The fourth-order valence-corrected chi connectivity index (χ4v) is 3.55. The van der Waals surface area contributed by atoms with E-state index in [0.717, 1.165) is 5.56 Å². The molecule has 34 heavy (non-hydrogen) atoms. The zero-order chi connectivity index (χ0) is 24.2. The molecule has 0 radical (unpaired) electrons. The van der Waals surface area contributed by atoms with Crippen LogP contribution in [0.3, 0.4) is 0 Å². The van der Waals surface area contributed by atoms with Crippen molar-refractivity contribution >= 4 is 22.6 Å². The first-order valence-corrected chi connectivity index (χ1v) is 10.3. The molecule has 174 valence electrons. The molecule has 4 aromatic rings. The minimum atomic E-state index is -0.405. The molecule has 0 saturated heterocycles. The second-order valence-electron chi connectivity index (χ2n) is 7.28. The minimum absolute atomic E-state index is 0.226. The second-order valence-corrected chi connectivity index (χ2v) is 7.28. The minimum Gasteiger partial charge on any atom is -0.497 e. The van der Waals surface area contributed by atoms with Gasteiger partial charge in [-0.1, -0.05) is 0 Å². The molecule has 0 aliphatic heterocycles. The number of carbonyl (C=O) groups excluding carboxylic acids is 1. The van der Waals surface area contributed by atoms with E-state index in [0.29, 0.717) is 51.0 Å². The summed E-state index contributed by atoms with van der Waals surface area (Å²) in [4.78, 5) is 25.7. The van der Waals surface area contributed by atoms with Gasteiger partial charge in [-0.25, -0.2) is 0 Å². The molecule has 1 N–H and O–H groups in total. The van der Waals surface area contributed by atoms with Crippen LogP contribution < -0.4 is 29.7 Å². The van der Waals surface area contributed by atoms with Crippen molar-refractivity contribution in [1.82, 2.24) is 0 Å². The molecule has 0 spiro atoms. The highest BCUT2D eigenvalue weighted by molar-refractivity contribution is 6.05. The standard InChI is InChI=1S/C26H23NO7/c1-30-18-8-5-15(6-9-18)22-14-20(28)19-13-17(7-10-21(19)34-22)27-26(29)16-11-23(31-2)25(33-4)24(12-16)32-3/h5-14H,1-4H3,(H,27,29). The summed E-state index contributed by atoms with van der Waals surface area (Å²) in [7, 11) is 6.02. The van der Waals surface area contributed by atoms with Gasteiger partial charge in [-0.05, 0) is 54.6 Å². The van der Waals surface area contributed by atoms with Crippen LogP contribution in [-0.4, -0.2) is 34.3 Å². The van der Waals surface area contributed by atoms with Crippen molar-refractivity contribution in [2.45, 2.75) is 0 Å². The van der Waals surface area contributed by atoms with Gasteiger partial charge in [0, 0.05) is 22.9 Å². The van der Waals surface area contributed by atoms with Crippen LogP contribution in [0.2, 0.25) is 0 Å². The number of carbonyl (C=O) groups is 1. The first-order chi connectivity index (χ1) is 16.5. The van der Waals surface area contributed by atoms with Gasteiger partial charge in [-0.2, -0.15) is 0 Å². The third kappa shape index (κ3) is 4.38. The number of rotatable bonds is 7. The monoisotopic (exact) mass is 461 g/mol. The summed E-state index contributed by atoms with van der Waals surface area (Å²) >= 11 is 0. The molecule has 1 heterocycles. The summed E-state index contributed by atoms with van der Waals surface area (Å²) in [6.07, 6.45) is 0. The number of hydrogen-bond acceptors (Lipinski definition) is 7. The molecular formula is C26H23NO7. The Kier molecular flexibility index (Phi) is 6.40. The summed E-state index contributed by atoms with van der Waals surface area (Å²) in [5.74, 6) is 1.85. The van der Waals surface area contributed by atoms with Crippen LogP contribution in [0.5, 0.6) is 23.0 Å². The molecule has 0 bridgehead atoms. The third-order valence-electron chi connectivity index (χ3n) is 5.29. The Morgan fingerprint density at radius 1 is 0.794 bits per heavy atom. The van der Waals surface area contributed by atoms with E-state index in [1.165, 1.54) is 27.4 Å². The first-order valence-electron chi connectivity index (χ1n) is 10.3. The van der Waals surface area contributed by atoms with Crippen LogP contribution in [0.4, 0.5) is 5.69 Å². The maximum Gasteiger partial charge on any atom is 0.255 e. The van der Waals surface area contributed by atoms with Crippen LogP contribution in [0, 0.1) is 0 Å². The van der Waals surface area contributed by atoms with Crippen LogP contribution in [-0.2, 0) is 0 Å². The van der Waals surface area contributed by atoms with Crippen molar-refractivity contribution in [3.05, 3.63) is 76.5 Å². The van der Waals surface area contributed by atoms with Gasteiger partial charge in [-0.3, -0.25) is 9.59 Å². The maximum atomic E-state index is 12.9. The van der Waals surface area contributed by atoms with Gasteiger partial charge in [0.1, 0.15) is 17.1 Å². The first kappa shape index (κ1) is 22.7. The Morgan fingerprint density at radius 2 is 1.47 bits per heavy atom. The smallest absolute Gasteiger partial charge is 0.255 e. The highest BCUT2D eigenvalue weighted by Crippen LogP contribution is 2.38. The van der Waals surface area contributed by atoms with Crippen molar-refractivity contribution in [3.63, 3.8) is 0 Å². The van der Waals surface area contributed by atoms with E-state index in [-0.39, 0.29) is 5.43 Å². The number of anilines is 1. The van der Waals surface area contributed by atoms with Gasteiger partial charge in [0.15, 0.2) is 16.9 Å². The molecule has 8 heteroatoms. The number of benzene rings is 3. The van der Waals surface area contributed by atoms with Gasteiger partial charge >= 0.3 is 0 Å². The van der Waals surface area contributed by atoms with Gasteiger partial charge in [0.05, 0.1) is 33.8 Å². The average molecular weight is 461 g/mol. The molecule has 0 atom stereocenters. The zero-order valence-electron chi connectivity index (χ0n) is 19.1. The van der Waals surface area contributed by atoms with Crippen LogP contribution in [0.25, 0.3) is 22.3 Å². The Hall–Kier alpha value is -4.46. The van der Waals surface area contributed by atoms with E-state index in [9.17, 15) is 9.59 Å². The van der Waals surface area contributed by atoms with E-state index in [2.05, 4.69) is 5.32 Å². The highest BCUT2D eigenvalue weighted by Gasteiger charge is 2.17. The Labute approximate surface area is 195 Å². The lowest BCUT2D eigenvalue weighted by atomic mass is 10.1. The van der Waals surface area contributed by atoms with E-state index < -0.39 is 5.91 Å². The van der Waals surface area contributed by atoms with Crippen molar-refractivity contribution < 1.29 is 28.2 Å². The fourth-order valence-electron chi connectivity index (χ4n) is 3.55. The van der Waals surface area contributed by atoms with Gasteiger partial charge in [-0.15, -0.1) is 0 Å². The molecular weight excluding hydrogens is 438 g/mol. The maximum absolute atomic E-state index is 12.9. The summed E-state index contributed by atoms with van der Waals surface area (Å²) in [6.45, 7) is 0. The van der Waals surface area contributed by atoms with Gasteiger partial charge in [0.2, 0.25) is 5.75 Å². The molecule has 3 aromatic carbocycles. The fraction of sp³-hybridized carbons (Fsp3) is 0.154. The van der Waals surface area contributed by atoms with E-state index in [4.69, 9.17) is 23.4 Å². The summed E-state index contributed by atoms with van der Waals surface area (Å²) in [5.41, 5.74) is 1.67. The topological polar surface area (TPSA) is 96.2 Å². The van der Waals surface area contributed by atoms with Gasteiger partial charge in [0.25, 0.3) is 5.91 Å². The number of methoxy groups -OCH3 is 4. The van der Waals surface area contributed by atoms with Crippen molar-refractivity contribution in [1.29, 1.82) is 0 Å². The molecule has 8 nitrogen and oxygen atoms in total. The predicted molar refractivity (Wildman–Crippen MR) is 129 cm³/mol. The second kappa shape index (κ2) is 9.58. The predicted octanol–water partition coefficient (Wildman–Crippen LogP) is 4.75. The number of hydrogen-bond donors (Lipinski definition) is 1. The van der Waals surface area contributed by atoms with Crippen molar-refractivity contribution in [2.24, 2.45) is 0 Å². The van der Waals surface area contributed by atoms with Crippen LogP contribution >= 0.6 is 0 Å². The van der Waals surface area contributed by atoms with E-state index in [1.807, 2.05) is 12.1 Å². The number of nitrogens with one attached hydrogen (secondary N) is 1. The Balaban J connectivity index is 1.64. The largest absolute Gasteiger partial charge is 0.497 e. The molecule has 1 aromatic heterocycles. The number of amides is 1. The van der Waals surface area contributed by atoms with Crippen molar-refractivity contribution in [3.8, 4) is 34.3 Å². The lowest BCUT2D eigenvalue weighted by Gasteiger charge is -2.14. The molecule has 0 fully saturated rings. The summed E-state index contributed by atoms with van der Waals surface area (Å²) in [5, 5.41) is 3.14. The molecule has 1 amide bonds. The SMILES string of the molecule is COc1ccc(-c2cc(=O)c3cc(NC(=O)c4cc(OC)c(OC)c(OC)c4)ccc3o2)cc1. The summed E-state index contributed by atoms with van der Waals surface area (Å²) < 4.78 is 27.0. The average Bonchev–Trinajstić information content (AvgIpc) is 2.87. The van der Waals surface area contributed by atoms with Crippen LogP contribution in [0.15, 0.2) is 69.9 Å². The molecule has 0 aliphatic carbocycles. The van der Waals surface area contributed by atoms with E-state index >= 15 is 0 Å². The quantitative estimate of drug-likeness (QED) is 0.424. The molecule has 0 unspecified atom stereocenters. The normalized spacial score (nSPS) is 10.6. The molecule has 4 rings (SSSR count). The van der Waals surface area contributed by atoms with Crippen LogP contribution in [0.1, 0.15) is 10.4 Å². The molecule has 0 aliphatic rings. The lowest BCUT2D eigenvalue weighted by Crippen LogP contribution is -2.13. The molecule has 0 saturated carbocycles. The van der Waals surface area contributed by atoms with Crippen molar-refractivity contribution in [2.75, 3.05) is 33.8 Å². The summed E-state index contributed by atoms with van der Waals surface area (Å²) in [6, 6.07) is 16.6. The lowest BCUT2D eigenvalue weighted by molar-refractivity contribution is 0.102. The third-order valence-corrected chi connectivity index (χ3v) is 5.29.